The van der Waals surface area contributed by atoms with Gasteiger partial charge in [0.25, 0.3) is 0 Å². The molecule has 0 spiro atoms. The molecule has 5 heteroatoms. The summed E-state index contributed by atoms with van der Waals surface area (Å²) in [5.41, 5.74) is 6.34. The molecule has 2 aromatic carbocycles. The molecule has 2 atom stereocenters. The molecule has 0 fully saturated rings. The highest BCUT2D eigenvalue weighted by molar-refractivity contribution is 5.87. The number of carbonyl (C=O) groups is 1. The van der Waals surface area contributed by atoms with Crippen molar-refractivity contribution < 1.29 is 23.7 Å². The third-order valence-electron chi connectivity index (χ3n) is 6.38. The zero-order valence-corrected chi connectivity index (χ0v) is 22.5. The maximum Gasteiger partial charge on any atom is 0.330 e. The monoisotopic (exact) mass is 488 g/mol. The summed E-state index contributed by atoms with van der Waals surface area (Å²) in [6.45, 7) is 18.9. The SMILES string of the molecule is C=C(C)/C=C/c1cc(C(C)(C)C)cc2c1OC1OC2Oc2c(/C=C/C(=O)OC)cc(C(C)(C)C)cc21. The van der Waals surface area contributed by atoms with Crippen LogP contribution in [0.25, 0.3) is 12.2 Å². The lowest BCUT2D eigenvalue weighted by molar-refractivity contribution is -0.227. The van der Waals surface area contributed by atoms with Gasteiger partial charge in [0.2, 0.25) is 12.6 Å². The molecule has 0 saturated heterocycles. The molecular weight excluding hydrogens is 452 g/mol. The Labute approximate surface area is 214 Å². The van der Waals surface area contributed by atoms with Crippen molar-refractivity contribution in [2.45, 2.75) is 71.9 Å². The van der Waals surface area contributed by atoms with Gasteiger partial charge in [0.1, 0.15) is 11.5 Å². The van der Waals surface area contributed by atoms with Crippen LogP contribution in [-0.4, -0.2) is 13.1 Å². The Hall–Kier alpha value is -3.31. The van der Waals surface area contributed by atoms with E-state index in [1.54, 1.807) is 6.08 Å². The van der Waals surface area contributed by atoms with E-state index in [0.717, 1.165) is 44.7 Å². The molecule has 2 aliphatic heterocycles. The second-order valence-electron chi connectivity index (χ2n) is 11.5. The molecule has 0 amide bonds. The number of rotatable bonds is 4. The van der Waals surface area contributed by atoms with Crippen molar-refractivity contribution in [3.05, 3.63) is 82.0 Å². The second-order valence-corrected chi connectivity index (χ2v) is 11.5. The molecule has 0 aliphatic carbocycles. The largest absolute Gasteiger partial charge is 0.466 e. The highest BCUT2D eigenvalue weighted by Crippen LogP contribution is 2.52. The van der Waals surface area contributed by atoms with Crippen molar-refractivity contribution in [3.8, 4) is 11.5 Å². The van der Waals surface area contributed by atoms with E-state index in [1.807, 2.05) is 25.1 Å². The molecule has 0 aromatic heterocycles. The average Bonchev–Trinajstić information content (AvgIpc) is 2.79. The zero-order valence-electron chi connectivity index (χ0n) is 22.5. The normalized spacial score (nSPS) is 18.9. The van der Waals surface area contributed by atoms with Gasteiger partial charge in [-0.1, -0.05) is 65.8 Å². The summed E-state index contributed by atoms with van der Waals surface area (Å²) in [4.78, 5) is 11.9. The molecule has 2 bridgehead atoms. The van der Waals surface area contributed by atoms with E-state index < -0.39 is 18.5 Å². The second kappa shape index (κ2) is 9.29. The number of benzene rings is 2. The number of esters is 1. The average molecular weight is 489 g/mol. The van der Waals surface area contributed by atoms with Gasteiger partial charge in [-0.05, 0) is 59.2 Å². The lowest BCUT2D eigenvalue weighted by Crippen LogP contribution is -2.32. The highest BCUT2D eigenvalue weighted by atomic mass is 16.8. The van der Waals surface area contributed by atoms with Gasteiger partial charge < -0.3 is 14.2 Å². The van der Waals surface area contributed by atoms with Crippen LogP contribution in [0.5, 0.6) is 11.5 Å². The molecule has 2 unspecified atom stereocenters. The fraction of sp³-hybridized carbons (Fsp3) is 0.387. The molecule has 0 N–H and O–H groups in total. The number of allylic oxidation sites excluding steroid dienone is 2. The van der Waals surface area contributed by atoms with E-state index in [9.17, 15) is 4.79 Å². The molecule has 4 rings (SSSR count). The van der Waals surface area contributed by atoms with Gasteiger partial charge in [0.15, 0.2) is 0 Å². The summed E-state index contributed by atoms with van der Waals surface area (Å²) in [5, 5.41) is 0. The number of methoxy groups -OCH3 is 1. The fourth-order valence-electron chi connectivity index (χ4n) is 4.20. The van der Waals surface area contributed by atoms with Gasteiger partial charge in [0, 0.05) is 17.2 Å². The summed E-state index contributed by atoms with van der Waals surface area (Å²) in [7, 11) is 1.36. The van der Waals surface area contributed by atoms with E-state index in [0.29, 0.717) is 5.75 Å². The lowest BCUT2D eigenvalue weighted by Gasteiger charge is -2.40. The zero-order chi connectivity index (χ0) is 26.4. The number of carbonyl (C=O) groups excluding carboxylic acids is 1. The van der Waals surface area contributed by atoms with E-state index in [1.165, 1.54) is 13.2 Å². The molecule has 2 aliphatic rings. The van der Waals surface area contributed by atoms with Crippen LogP contribution in [0.1, 0.15) is 94.4 Å². The lowest BCUT2D eigenvalue weighted by atomic mass is 9.83. The first-order valence-corrected chi connectivity index (χ1v) is 12.2. The molecule has 2 aromatic rings. The fourth-order valence-corrected chi connectivity index (χ4v) is 4.20. The van der Waals surface area contributed by atoms with Crippen LogP contribution < -0.4 is 9.47 Å². The summed E-state index contributed by atoms with van der Waals surface area (Å²) >= 11 is 0. The maximum atomic E-state index is 11.9. The first kappa shape index (κ1) is 25.8. The predicted molar refractivity (Wildman–Crippen MR) is 143 cm³/mol. The van der Waals surface area contributed by atoms with Crippen LogP contribution in [0.4, 0.5) is 0 Å². The number of ether oxygens (including phenoxy) is 4. The highest BCUT2D eigenvalue weighted by Gasteiger charge is 2.41. The molecule has 2 heterocycles. The molecule has 36 heavy (non-hydrogen) atoms. The van der Waals surface area contributed by atoms with E-state index in [2.05, 4.69) is 66.3 Å². The van der Waals surface area contributed by atoms with Gasteiger partial charge in [-0.3, -0.25) is 4.74 Å². The van der Waals surface area contributed by atoms with Crippen molar-refractivity contribution in [2.75, 3.05) is 7.11 Å². The van der Waals surface area contributed by atoms with Crippen LogP contribution in [-0.2, 0) is 25.1 Å². The van der Waals surface area contributed by atoms with E-state index in [4.69, 9.17) is 18.9 Å². The molecule has 190 valence electrons. The Balaban J connectivity index is 1.88. The third kappa shape index (κ3) is 5.12. The van der Waals surface area contributed by atoms with Crippen LogP contribution >= 0.6 is 0 Å². The van der Waals surface area contributed by atoms with Gasteiger partial charge in [0.05, 0.1) is 18.2 Å². The Morgan fingerprint density at radius 2 is 1.28 bits per heavy atom. The van der Waals surface area contributed by atoms with Crippen LogP contribution in [0.15, 0.2) is 48.6 Å². The Kier molecular flexibility index (Phi) is 6.65. The summed E-state index contributed by atoms with van der Waals surface area (Å²) in [5.74, 6) is 0.970. The molecule has 0 saturated carbocycles. The van der Waals surface area contributed by atoms with Crippen LogP contribution in [0.2, 0.25) is 0 Å². The van der Waals surface area contributed by atoms with Crippen molar-refractivity contribution in [1.82, 2.24) is 0 Å². The summed E-state index contributed by atoms with van der Waals surface area (Å²) in [6.07, 6.45) is 5.87. The summed E-state index contributed by atoms with van der Waals surface area (Å²) < 4.78 is 24.1. The van der Waals surface area contributed by atoms with Gasteiger partial charge in [-0.15, -0.1) is 0 Å². The topological polar surface area (TPSA) is 54.0 Å². The maximum absolute atomic E-state index is 11.9. The Morgan fingerprint density at radius 1 is 0.833 bits per heavy atom. The van der Waals surface area contributed by atoms with Crippen LogP contribution in [0, 0.1) is 0 Å². The first-order valence-electron chi connectivity index (χ1n) is 12.2. The third-order valence-corrected chi connectivity index (χ3v) is 6.38. The molecular formula is C31H36O5. The predicted octanol–water partition coefficient (Wildman–Crippen LogP) is 7.56. The minimum Gasteiger partial charge on any atom is -0.466 e. The minimum absolute atomic E-state index is 0.0830. The van der Waals surface area contributed by atoms with Gasteiger partial charge in [-0.25, -0.2) is 4.79 Å². The van der Waals surface area contributed by atoms with Crippen molar-refractivity contribution in [3.63, 3.8) is 0 Å². The summed E-state index contributed by atoms with van der Waals surface area (Å²) in [6, 6.07) is 8.39. The molecule has 0 radical (unpaired) electrons. The standard InChI is InChI=1S/C31H36O5/c1-18(2)10-11-19-14-21(30(3,4)5)16-23-26(19)34-29-24-17-22(31(6,7)8)15-20(12-13-25(32)33-9)27(24)35-28(23)36-29/h10-17,28-29H,1H2,2-9H3/b11-10+,13-12+. The van der Waals surface area contributed by atoms with Crippen molar-refractivity contribution in [2.24, 2.45) is 0 Å². The van der Waals surface area contributed by atoms with Gasteiger partial charge >= 0.3 is 5.97 Å². The van der Waals surface area contributed by atoms with Crippen molar-refractivity contribution >= 4 is 18.1 Å². The molecule has 5 nitrogen and oxygen atoms in total. The van der Waals surface area contributed by atoms with E-state index in [-0.39, 0.29) is 10.8 Å². The Bertz CT molecular complexity index is 1270. The number of fused-ring (bicyclic) bond motifs is 6. The Morgan fingerprint density at radius 3 is 1.67 bits per heavy atom. The van der Waals surface area contributed by atoms with Crippen LogP contribution in [0.3, 0.4) is 0 Å². The number of hydrogen-bond donors (Lipinski definition) is 0. The smallest absolute Gasteiger partial charge is 0.330 e. The van der Waals surface area contributed by atoms with Crippen molar-refractivity contribution in [1.29, 1.82) is 0 Å². The number of hydrogen-bond acceptors (Lipinski definition) is 5. The van der Waals surface area contributed by atoms with E-state index >= 15 is 0 Å². The quantitative estimate of drug-likeness (QED) is 0.253. The minimum atomic E-state index is -0.642. The van der Waals surface area contributed by atoms with Gasteiger partial charge in [-0.2, -0.15) is 0 Å². The first-order chi connectivity index (χ1) is 16.8.